The van der Waals surface area contributed by atoms with Crippen LogP contribution in [-0.4, -0.2) is 11.7 Å². The molecule has 0 aliphatic heterocycles. The van der Waals surface area contributed by atoms with Gasteiger partial charge in [0, 0.05) is 0 Å². The summed E-state index contributed by atoms with van der Waals surface area (Å²) in [6, 6.07) is 3.93. The molecule has 0 heterocycles. The van der Waals surface area contributed by atoms with Gasteiger partial charge < -0.3 is 10.6 Å². The van der Waals surface area contributed by atoms with E-state index >= 15 is 0 Å². The van der Waals surface area contributed by atoms with Gasteiger partial charge in [0.1, 0.15) is 0 Å². The molecule has 0 radical (unpaired) electrons. The lowest BCUT2D eigenvalue weighted by Crippen LogP contribution is -2.29. The number of aryl methyl sites for hydroxylation is 2. The van der Waals surface area contributed by atoms with Crippen molar-refractivity contribution < 1.29 is 0 Å². The van der Waals surface area contributed by atoms with Gasteiger partial charge >= 0.3 is 0 Å². The molecule has 4 heteroatoms. The molecule has 0 unspecified atom stereocenters. The molecule has 0 saturated heterocycles. The second-order valence-electron chi connectivity index (χ2n) is 3.45. The fraction of sp³-hybridized carbons (Fsp3) is 0.250. The van der Waals surface area contributed by atoms with Gasteiger partial charge in [-0.15, -0.1) is 6.42 Å². The minimum Gasteiger partial charge on any atom is -0.352 e. The maximum absolute atomic E-state index is 6.12. The Hall–Kier alpha value is -1.24. The Morgan fingerprint density at radius 2 is 2.19 bits per heavy atom. The van der Waals surface area contributed by atoms with Gasteiger partial charge in [-0.3, -0.25) is 0 Å². The number of benzene rings is 1. The highest BCUT2D eigenvalue weighted by Crippen LogP contribution is 2.27. The van der Waals surface area contributed by atoms with Gasteiger partial charge in [0.2, 0.25) is 0 Å². The zero-order valence-corrected chi connectivity index (χ0v) is 10.8. The molecular weight excluding hydrogens is 240 g/mol. The third-order valence-corrected chi connectivity index (χ3v) is 2.57. The molecule has 0 aliphatic carbocycles. The molecule has 0 aromatic heterocycles. The normalized spacial score (nSPS) is 9.38. The smallest absolute Gasteiger partial charge is 0.171 e. The number of halogens is 1. The summed E-state index contributed by atoms with van der Waals surface area (Å²) in [5, 5.41) is 7.04. The summed E-state index contributed by atoms with van der Waals surface area (Å²) in [4.78, 5) is 0. The second-order valence-corrected chi connectivity index (χ2v) is 4.27. The molecule has 1 aromatic carbocycles. The second kappa shape index (κ2) is 5.74. The van der Waals surface area contributed by atoms with Crippen LogP contribution in [0.2, 0.25) is 5.02 Å². The van der Waals surface area contributed by atoms with E-state index in [1.807, 2.05) is 26.0 Å². The quantitative estimate of drug-likeness (QED) is 0.625. The standard InChI is InChI=1S/C12H13ClN2S/c1-4-5-14-12(16)15-11-9(3)6-8(2)7-10(11)13/h1,6-7H,5H2,2-3H3,(H2,14,15,16). The van der Waals surface area contributed by atoms with Crippen LogP contribution in [0.1, 0.15) is 11.1 Å². The topological polar surface area (TPSA) is 24.1 Å². The minimum absolute atomic E-state index is 0.397. The zero-order valence-electron chi connectivity index (χ0n) is 9.23. The van der Waals surface area contributed by atoms with Crippen molar-refractivity contribution in [3.63, 3.8) is 0 Å². The van der Waals surface area contributed by atoms with Crippen molar-refractivity contribution in [3.05, 3.63) is 28.3 Å². The Morgan fingerprint density at radius 3 is 2.75 bits per heavy atom. The number of hydrogen-bond donors (Lipinski definition) is 2. The predicted molar refractivity (Wildman–Crippen MR) is 74.0 cm³/mol. The Balaban J connectivity index is 2.82. The van der Waals surface area contributed by atoms with Crippen LogP contribution in [0.25, 0.3) is 0 Å². The number of hydrogen-bond acceptors (Lipinski definition) is 1. The Morgan fingerprint density at radius 1 is 1.50 bits per heavy atom. The van der Waals surface area contributed by atoms with Crippen molar-refractivity contribution in [2.45, 2.75) is 13.8 Å². The Kier molecular flexibility index (Phi) is 4.60. The summed E-state index contributed by atoms with van der Waals surface area (Å²) < 4.78 is 0. The van der Waals surface area contributed by atoms with Crippen LogP contribution in [-0.2, 0) is 0 Å². The molecule has 16 heavy (non-hydrogen) atoms. The maximum atomic E-state index is 6.12. The fourth-order valence-electron chi connectivity index (χ4n) is 1.36. The SMILES string of the molecule is C#CCNC(=S)Nc1c(C)cc(C)cc1Cl. The first-order valence-corrected chi connectivity index (χ1v) is 5.58. The molecule has 1 aromatic rings. The Bertz CT molecular complexity index is 426. The third-order valence-electron chi connectivity index (χ3n) is 2.02. The first-order valence-electron chi connectivity index (χ1n) is 4.79. The van der Waals surface area contributed by atoms with Crippen LogP contribution in [0.15, 0.2) is 12.1 Å². The lowest BCUT2D eigenvalue weighted by atomic mass is 10.1. The molecule has 2 nitrogen and oxygen atoms in total. The van der Waals surface area contributed by atoms with E-state index in [1.54, 1.807) is 0 Å². The number of rotatable bonds is 2. The molecule has 2 N–H and O–H groups in total. The van der Waals surface area contributed by atoms with Crippen molar-refractivity contribution in [1.82, 2.24) is 5.32 Å². The molecule has 0 bridgehead atoms. The molecule has 0 fully saturated rings. The average molecular weight is 253 g/mol. The van der Waals surface area contributed by atoms with Crippen molar-refractivity contribution in [2.24, 2.45) is 0 Å². The number of terminal acetylenes is 1. The first kappa shape index (κ1) is 12.8. The van der Waals surface area contributed by atoms with Gasteiger partial charge in [-0.1, -0.05) is 23.6 Å². The highest BCUT2D eigenvalue weighted by molar-refractivity contribution is 7.80. The van der Waals surface area contributed by atoms with Crippen LogP contribution in [0.5, 0.6) is 0 Å². The largest absolute Gasteiger partial charge is 0.352 e. The van der Waals surface area contributed by atoms with Crippen molar-refractivity contribution in [3.8, 4) is 12.3 Å². The van der Waals surface area contributed by atoms with Crippen molar-refractivity contribution in [1.29, 1.82) is 0 Å². The monoisotopic (exact) mass is 252 g/mol. The molecule has 0 spiro atoms. The third kappa shape index (κ3) is 3.41. The molecule has 0 aliphatic rings. The van der Waals surface area contributed by atoms with E-state index in [0.29, 0.717) is 16.7 Å². The highest BCUT2D eigenvalue weighted by atomic mass is 35.5. The van der Waals surface area contributed by atoms with E-state index in [1.165, 1.54) is 0 Å². The fourth-order valence-corrected chi connectivity index (χ4v) is 1.91. The molecule has 84 valence electrons. The minimum atomic E-state index is 0.397. The number of anilines is 1. The van der Waals surface area contributed by atoms with Gasteiger partial charge in [-0.2, -0.15) is 0 Å². The average Bonchev–Trinajstić information content (AvgIpc) is 2.20. The lowest BCUT2D eigenvalue weighted by molar-refractivity contribution is 1.08. The number of nitrogens with one attached hydrogen (secondary N) is 2. The van der Waals surface area contributed by atoms with Gasteiger partial charge in [0.05, 0.1) is 17.3 Å². The van der Waals surface area contributed by atoms with Gasteiger partial charge in [0.25, 0.3) is 0 Å². The highest BCUT2D eigenvalue weighted by Gasteiger charge is 2.06. The summed E-state index contributed by atoms with van der Waals surface area (Å²) in [7, 11) is 0. The molecule has 0 amide bonds. The lowest BCUT2D eigenvalue weighted by Gasteiger charge is -2.13. The van der Waals surface area contributed by atoms with Gasteiger partial charge in [-0.25, -0.2) is 0 Å². The summed E-state index contributed by atoms with van der Waals surface area (Å²) in [6.45, 7) is 4.37. The number of thiocarbonyl (C=S) groups is 1. The summed E-state index contributed by atoms with van der Waals surface area (Å²) in [6.07, 6.45) is 5.12. The van der Waals surface area contributed by atoms with Crippen LogP contribution < -0.4 is 10.6 Å². The van der Waals surface area contributed by atoms with Crippen LogP contribution in [0.3, 0.4) is 0 Å². The van der Waals surface area contributed by atoms with E-state index in [9.17, 15) is 0 Å². The van der Waals surface area contributed by atoms with Gasteiger partial charge in [0.15, 0.2) is 5.11 Å². The molecular formula is C12H13ClN2S. The maximum Gasteiger partial charge on any atom is 0.171 e. The van der Waals surface area contributed by atoms with E-state index in [-0.39, 0.29) is 0 Å². The first-order chi connectivity index (χ1) is 7.54. The predicted octanol–water partition coefficient (Wildman–Crippen LogP) is 2.88. The van der Waals surface area contributed by atoms with E-state index in [0.717, 1.165) is 16.8 Å². The Labute approximate surface area is 106 Å². The summed E-state index contributed by atoms with van der Waals surface area (Å²) >= 11 is 11.2. The molecule has 1 rings (SSSR count). The van der Waals surface area contributed by atoms with Gasteiger partial charge in [-0.05, 0) is 43.3 Å². The van der Waals surface area contributed by atoms with Crippen LogP contribution >= 0.6 is 23.8 Å². The molecule has 0 atom stereocenters. The van der Waals surface area contributed by atoms with Crippen molar-refractivity contribution in [2.75, 3.05) is 11.9 Å². The van der Waals surface area contributed by atoms with Crippen molar-refractivity contribution >= 4 is 34.6 Å². The van der Waals surface area contributed by atoms with Crippen LogP contribution in [0, 0.1) is 26.2 Å². The van der Waals surface area contributed by atoms with E-state index in [4.69, 9.17) is 30.2 Å². The van der Waals surface area contributed by atoms with E-state index < -0.39 is 0 Å². The molecule has 0 saturated carbocycles. The zero-order chi connectivity index (χ0) is 12.1. The summed E-state index contributed by atoms with van der Waals surface area (Å²) in [5.41, 5.74) is 2.99. The van der Waals surface area contributed by atoms with E-state index in [2.05, 4.69) is 16.6 Å². The van der Waals surface area contributed by atoms with Crippen LogP contribution in [0.4, 0.5) is 5.69 Å². The summed E-state index contributed by atoms with van der Waals surface area (Å²) in [5.74, 6) is 2.45.